The van der Waals surface area contributed by atoms with E-state index in [0.29, 0.717) is 12.1 Å². The third-order valence-electron chi connectivity index (χ3n) is 4.60. The molecule has 2 N–H and O–H groups in total. The number of nitrogens with one attached hydrogen (secondary N) is 1. The van der Waals surface area contributed by atoms with Crippen molar-refractivity contribution >= 4 is 5.91 Å². The molecule has 128 valence electrons. The average Bonchev–Trinajstić information content (AvgIpc) is 3.01. The molecule has 1 aliphatic heterocycles. The molecule has 0 aliphatic carbocycles. The van der Waals surface area contributed by atoms with Crippen LogP contribution in [0.3, 0.4) is 0 Å². The minimum Gasteiger partial charge on any atom is -0.465 e. The van der Waals surface area contributed by atoms with E-state index >= 15 is 0 Å². The number of furan rings is 1. The summed E-state index contributed by atoms with van der Waals surface area (Å²) in [4.78, 5) is 14.7. The van der Waals surface area contributed by atoms with Crippen molar-refractivity contribution in [3.8, 4) is 0 Å². The van der Waals surface area contributed by atoms with Crippen LogP contribution in [0.15, 0.2) is 46.9 Å². The fraction of sp³-hybridized carbons (Fsp3) is 0.421. The minimum absolute atomic E-state index is 0.0625. The standard InChI is InChI=1S/C19H24N2O3/c1-14-7-8-17(24-14)11-21-10-9-16(13-22)18(12-21)20-19(23)15-5-3-2-4-6-15/h2-8,16,18,22H,9-13H2,1H3,(H,20,23)/t16-,18-/m1/s1. The summed E-state index contributed by atoms with van der Waals surface area (Å²) in [7, 11) is 0. The highest BCUT2D eigenvalue weighted by atomic mass is 16.3. The number of amides is 1. The Balaban J connectivity index is 1.64. The highest BCUT2D eigenvalue weighted by molar-refractivity contribution is 5.94. The maximum atomic E-state index is 12.4. The predicted molar refractivity (Wildman–Crippen MR) is 91.6 cm³/mol. The molecule has 5 heteroatoms. The van der Waals surface area contributed by atoms with Gasteiger partial charge in [0.1, 0.15) is 11.5 Å². The van der Waals surface area contributed by atoms with E-state index in [-0.39, 0.29) is 24.5 Å². The lowest BCUT2D eigenvalue weighted by atomic mass is 9.92. The normalized spacial score (nSPS) is 21.6. The molecule has 1 aliphatic rings. The Morgan fingerprint density at radius 2 is 2.08 bits per heavy atom. The first kappa shape index (κ1) is 16.7. The van der Waals surface area contributed by atoms with Gasteiger partial charge in [-0.1, -0.05) is 18.2 Å². The summed E-state index contributed by atoms with van der Waals surface area (Å²) in [6, 6.07) is 13.1. The Kier molecular flexibility index (Phi) is 5.33. The van der Waals surface area contributed by atoms with E-state index in [0.717, 1.165) is 31.0 Å². The molecule has 2 heterocycles. The number of aryl methyl sites for hydroxylation is 1. The van der Waals surface area contributed by atoms with Crippen LogP contribution in [-0.4, -0.2) is 41.7 Å². The van der Waals surface area contributed by atoms with Crippen LogP contribution in [0.2, 0.25) is 0 Å². The van der Waals surface area contributed by atoms with Gasteiger partial charge in [0, 0.05) is 30.7 Å². The summed E-state index contributed by atoms with van der Waals surface area (Å²) in [6.45, 7) is 4.35. The van der Waals surface area contributed by atoms with E-state index in [4.69, 9.17) is 4.42 Å². The Morgan fingerprint density at radius 1 is 1.29 bits per heavy atom. The first-order valence-electron chi connectivity index (χ1n) is 8.40. The molecular formula is C19H24N2O3. The predicted octanol–water partition coefficient (Wildman–Crippen LogP) is 2.20. The lowest BCUT2D eigenvalue weighted by Gasteiger charge is -2.37. The van der Waals surface area contributed by atoms with E-state index in [1.165, 1.54) is 0 Å². The van der Waals surface area contributed by atoms with E-state index in [9.17, 15) is 9.90 Å². The Hall–Kier alpha value is -2.11. The molecule has 0 saturated carbocycles. The molecule has 0 radical (unpaired) electrons. The number of carbonyl (C=O) groups is 1. The summed E-state index contributed by atoms with van der Waals surface area (Å²) >= 11 is 0. The molecule has 2 atom stereocenters. The van der Waals surface area contributed by atoms with E-state index < -0.39 is 0 Å². The second-order valence-electron chi connectivity index (χ2n) is 6.42. The second kappa shape index (κ2) is 7.64. The molecular weight excluding hydrogens is 304 g/mol. The number of rotatable bonds is 5. The number of hydrogen-bond acceptors (Lipinski definition) is 4. The van der Waals surface area contributed by atoms with Crippen molar-refractivity contribution in [1.29, 1.82) is 0 Å². The van der Waals surface area contributed by atoms with Gasteiger partial charge in [0.2, 0.25) is 0 Å². The number of aliphatic hydroxyl groups excluding tert-OH is 1. The molecule has 0 unspecified atom stereocenters. The first-order valence-corrected chi connectivity index (χ1v) is 8.40. The van der Waals surface area contributed by atoms with Crippen LogP contribution in [0.25, 0.3) is 0 Å². The number of hydrogen-bond donors (Lipinski definition) is 2. The molecule has 1 aromatic carbocycles. The summed E-state index contributed by atoms with van der Waals surface area (Å²) in [5.74, 6) is 1.84. The van der Waals surface area contributed by atoms with Gasteiger partial charge in [0.05, 0.1) is 6.54 Å². The number of aliphatic hydroxyl groups is 1. The Labute approximate surface area is 142 Å². The zero-order valence-electron chi connectivity index (χ0n) is 13.9. The van der Waals surface area contributed by atoms with Gasteiger partial charge < -0.3 is 14.8 Å². The lowest BCUT2D eigenvalue weighted by Crippen LogP contribution is -2.53. The largest absolute Gasteiger partial charge is 0.465 e. The highest BCUT2D eigenvalue weighted by Gasteiger charge is 2.30. The van der Waals surface area contributed by atoms with E-state index in [2.05, 4.69) is 10.2 Å². The van der Waals surface area contributed by atoms with Gasteiger partial charge in [-0.2, -0.15) is 0 Å². The average molecular weight is 328 g/mol. The number of nitrogens with zero attached hydrogens (tertiary/aromatic N) is 1. The van der Waals surface area contributed by atoms with Gasteiger partial charge in [-0.25, -0.2) is 0 Å². The second-order valence-corrected chi connectivity index (χ2v) is 6.42. The minimum atomic E-state index is -0.0882. The van der Waals surface area contributed by atoms with Crippen LogP contribution in [0.1, 0.15) is 28.3 Å². The smallest absolute Gasteiger partial charge is 0.251 e. The molecule has 2 aromatic rings. The molecule has 1 saturated heterocycles. The van der Waals surface area contributed by atoms with Gasteiger partial charge in [0.25, 0.3) is 5.91 Å². The van der Waals surface area contributed by atoms with E-state index in [1.807, 2.05) is 37.3 Å². The molecule has 5 nitrogen and oxygen atoms in total. The zero-order chi connectivity index (χ0) is 16.9. The molecule has 24 heavy (non-hydrogen) atoms. The van der Waals surface area contributed by atoms with E-state index in [1.54, 1.807) is 12.1 Å². The van der Waals surface area contributed by atoms with Crippen LogP contribution >= 0.6 is 0 Å². The van der Waals surface area contributed by atoms with Crippen molar-refractivity contribution in [1.82, 2.24) is 10.2 Å². The third kappa shape index (κ3) is 4.04. The van der Waals surface area contributed by atoms with Gasteiger partial charge in [0.15, 0.2) is 0 Å². The number of likely N-dealkylation sites (tertiary alicyclic amines) is 1. The van der Waals surface area contributed by atoms with Gasteiger partial charge in [-0.15, -0.1) is 0 Å². The maximum absolute atomic E-state index is 12.4. The van der Waals surface area contributed by atoms with Gasteiger partial charge >= 0.3 is 0 Å². The molecule has 0 spiro atoms. The summed E-state index contributed by atoms with van der Waals surface area (Å²) < 4.78 is 5.65. The number of carbonyl (C=O) groups excluding carboxylic acids is 1. The monoisotopic (exact) mass is 328 g/mol. The molecule has 3 rings (SSSR count). The topological polar surface area (TPSA) is 65.7 Å². The molecule has 1 fully saturated rings. The third-order valence-corrected chi connectivity index (χ3v) is 4.60. The van der Waals surface area contributed by atoms with Gasteiger partial charge in [-0.3, -0.25) is 9.69 Å². The van der Waals surface area contributed by atoms with Crippen LogP contribution in [0.5, 0.6) is 0 Å². The Morgan fingerprint density at radius 3 is 2.75 bits per heavy atom. The van der Waals surface area contributed by atoms with Crippen LogP contribution in [-0.2, 0) is 6.54 Å². The summed E-state index contributed by atoms with van der Waals surface area (Å²) in [5.41, 5.74) is 0.646. The van der Waals surface area contributed by atoms with Crippen LogP contribution in [0.4, 0.5) is 0 Å². The SMILES string of the molecule is Cc1ccc(CN2CC[C@H](CO)[C@H](NC(=O)c3ccccc3)C2)o1. The lowest BCUT2D eigenvalue weighted by molar-refractivity contribution is 0.0713. The maximum Gasteiger partial charge on any atom is 0.251 e. The zero-order valence-corrected chi connectivity index (χ0v) is 13.9. The van der Waals surface area contributed by atoms with Crippen LogP contribution < -0.4 is 5.32 Å². The Bertz CT molecular complexity index is 668. The quantitative estimate of drug-likeness (QED) is 0.883. The van der Waals surface area contributed by atoms with Crippen molar-refractivity contribution < 1.29 is 14.3 Å². The van der Waals surface area contributed by atoms with Crippen molar-refractivity contribution in [3.63, 3.8) is 0 Å². The fourth-order valence-electron chi connectivity index (χ4n) is 3.23. The summed E-state index contributed by atoms with van der Waals surface area (Å²) in [6.07, 6.45) is 0.857. The molecule has 1 aromatic heterocycles. The molecule has 0 bridgehead atoms. The van der Waals surface area contributed by atoms with Crippen LogP contribution in [0, 0.1) is 12.8 Å². The van der Waals surface area contributed by atoms with Crippen molar-refractivity contribution in [3.05, 3.63) is 59.5 Å². The van der Waals surface area contributed by atoms with Crippen molar-refractivity contribution in [2.24, 2.45) is 5.92 Å². The molecule has 1 amide bonds. The van der Waals surface area contributed by atoms with Crippen molar-refractivity contribution in [2.75, 3.05) is 19.7 Å². The summed E-state index contributed by atoms with van der Waals surface area (Å²) in [5, 5.41) is 12.7. The first-order chi connectivity index (χ1) is 11.7. The van der Waals surface area contributed by atoms with Crippen molar-refractivity contribution in [2.45, 2.75) is 25.9 Å². The van der Waals surface area contributed by atoms with Gasteiger partial charge in [-0.05, 0) is 44.2 Å². The fourth-order valence-corrected chi connectivity index (χ4v) is 3.23. The number of benzene rings is 1. The highest BCUT2D eigenvalue weighted by Crippen LogP contribution is 2.20. The number of piperidine rings is 1.